The maximum absolute atomic E-state index is 9.31. The van der Waals surface area contributed by atoms with Crippen LogP contribution in [0, 0.1) is 5.92 Å². The molecule has 0 heterocycles. The zero-order chi connectivity index (χ0) is 17.6. The van der Waals surface area contributed by atoms with Gasteiger partial charge in [-0.05, 0) is 86.6 Å². The lowest BCUT2D eigenvalue weighted by molar-refractivity contribution is 0.229. The van der Waals surface area contributed by atoms with E-state index >= 15 is 0 Å². The Kier molecular flexibility index (Phi) is 6.14. The summed E-state index contributed by atoms with van der Waals surface area (Å²) in [7, 11) is 0. The first-order valence-corrected chi connectivity index (χ1v) is 9.59. The molecule has 0 radical (unpaired) electrons. The second-order valence-corrected chi connectivity index (χ2v) is 7.61. The summed E-state index contributed by atoms with van der Waals surface area (Å²) in [5.74, 6) is 2.09. The molecule has 1 saturated carbocycles. The lowest BCUT2D eigenvalue weighted by Gasteiger charge is -2.12. The van der Waals surface area contributed by atoms with Gasteiger partial charge in [0.15, 0.2) is 0 Å². The topological polar surface area (TPSA) is 29.5 Å². The SMILES string of the molecule is CC(C)Oc1ccc(CCc2ccc(C3CCC(CO)C3)cc2)cc1. The minimum absolute atomic E-state index is 0.219. The highest BCUT2D eigenvalue weighted by molar-refractivity contribution is 5.30. The average Bonchev–Trinajstić information content (AvgIpc) is 3.10. The van der Waals surface area contributed by atoms with E-state index in [2.05, 4.69) is 48.5 Å². The first kappa shape index (κ1) is 18.0. The third-order valence-corrected chi connectivity index (χ3v) is 5.25. The number of hydrogen-bond acceptors (Lipinski definition) is 2. The Morgan fingerprint density at radius 1 is 0.920 bits per heavy atom. The molecule has 0 aliphatic heterocycles. The summed E-state index contributed by atoms with van der Waals surface area (Å²) in [5.41, 5.74) is 4.18. The minimum atomic E-state index is 0.219. The van der Waals surface area contributed by atoms with Crippen LogP contribution < -0.4 is 4.74 Å². The molecule has 2 heteroatoms. The molecule has 0 amide bonds. The van der Waals surface area contributed by atoms with Crippen LogP contribution in [-0.2, 0) is 12.8 Å². The van der Waals surface area contributed by atoms with Crippen molar-refractivity contribution in [3.63, 3.8) is 0 Å². The number of ether oxygens (including phenoxy) is 1. The van der Waals surface area contributed by atoms with Crippen molar-refractivity contribution in [2.24, 2.45) is 5.92 Å². The average molecular weight is 338 g/mol. The maximum atomic E-state index is 9.31. The molecule has 0 saturated heterocycles. The van der Waals surface area contributed by atoms with Crippen molar-refractivity contribution in [3.05, 3.63) is 65.2 Å². The molecule has 134 valence electrons. The van der Waals surface area contributed by atoms with Crippen molar-refractivity contribution in [2.75, 3.05) is 6.61 Å². The molecule has 0 spiro atoms. The fourth-order valence-corrected chi connectivity index (χ4v) is 3.80. The van der Waals surface area contributed by atoms with Gasteiger partial charge in [0.05, 0.1) is 6.10 Å². The molecular weight excluding hydrogens is 308 g/mol. The summed E-state index contributed by atoms with van der Waals surface area (Å²) < 4.78 is 5.69. The largest absolute Gasteiger partial charge is 0.491 e. The molecule has 2 atom stereocenters. The minimum Gasteiger partial charge on any atom is -0.491 e. The summed E-state index contributed by atoms with van der Waals surface area (Å²) in [6.45, 7) is 4.44. The molecule has 1 fully saturated rings. The van der Waals surface area contributed by atoms with Gasteiger partial charge in [0.1, 0.15) is 5.75 Å². The Morgan fingerprint density at radius 2 is 1.52 bits per heavy atom. The molecule has 0 aromatic heterocycles. The molecule has 1 aliphatic rings. The van der Waals surface area contributed by atoms with E-state index in [4.69, 9.17) is 4.74 Å². The highest BCUT2D eigenvalue weighted by Gasteiger charge is 2.24. The Morgan fingerprint density at radius 3 is 2.04 bits per heavy atom. The van der Waals surface area contributed by atoms with E-state index in [-0.39, 0.29) is 6.10 Å². The van der Waals surface area contributed by atoms with Gasteiger partial charge in [-0.3, -0.25) is 0 Å². The monoisotopic (exact) mass is 338 g/mol. The van der Waals surface area contributed by atoms with Crippen LogP contribution in [0.4, 0.5) is 0 Å². The molecule has 25 heavy (non-hydrogen) atoms. The first-order valence-electron chi connectivity index (χ1n) is 9.59. The normalized spacial score (nSPS) is 20.2. The van der Waals surface area contributed by atoms with E-state index in [0.29, 0.717) is 18.4 Å². The van der Waals surface area contributed by atoms with E-state index < -0.39 is 0 Å². The molecular formula is C23H30O2. The number of aliphatic hydroxyl groups excluding tert-OH is 1. The Labute approximate surface area is 151 Å². The Balaban J connectivity index is 1.52. The Hall–Kier alpha value is -1.80. The van der Waals surface area contributed by atoms with Gasteiger partial charge in [0, 0.05) is 6.61 Å². The van der Waals surface area contributed by atoms with Gasteiger partial charge in [0.2, 0.25) is 0 Å². The predicted molar refractivity (Wildman–Crippen MR) is 103 cm³/mol. The fraction of sp³-hybridized carbons (Fsp3) is 0.478. The highest BCUT2D eigenvalue weighted by Crippen LogP contribution is 2.37. The Bertz CT molecular complexity index is 643. The fourth-order valence-electron chi connectivity index (χ4n) is 3.80. The standard InChI is InChI=1S/C23H30O2/c1-17(2)25-23-13-8-19(9-14-23)4-3-18-5-10-21(11-6-18)22-12-7-20(15-22)16-24/h5-6,8-11,13-14,17,20,22,24H,3-4,7,12,15-16H2,1-2H3. The maximum Gasteiger partial charge on any atom is 0.119 e. The summed E-state index contributed by atoms with van der Waals surface area (Å²) in [5, 5.41) is 9.31. The van der Waals surface area contributed by atoms with E-state index in [1.54, 1.807) is 0 Å². The molecule has 2 nitrogen and oxygen atoms in total. The third-order valence-electron chi connectivity index (χ3n) is 5.25. The molecule has 1 aliphatic carbocycles. The quantitative estimate of drug-likeness (QED) is 0.758. The van der Waals surface area contributed by atoms with Crippen molar-refractivity contribution >= 4 is 0 Å². The summed E-state index contributed by atoms with van der Waals surface area (Å²) in [6.07, 6.45) is 5.86. The van der Waals surface area contributed by atoms with Crippen molar-refractivity contribution in [1.29, 1.82) is 0 Å². The molecule has 3 rings (SSSR count). The van der Waals surface area contributed by atoms with Gasteiger partial charge in [-0.25, -0.2) is 0 Å². The zero-order valence-corrected chi connectivity index (χ0v) is 15.4. The van der Waals surface area contributed by atoms with Crippen molar-refractivity contribution in [1.82, 2.24) is 0 Å². The van der Waals surface area contributed by atoms with Crippen molar-refractivity contribution < 1.29 is 9.84 Å². The predicted octanol–water partition coefficient (Wildman–Crippen LogP) is 5.14. The number of hydrogen-bond donors (Lipinski definition) is 1. The molecule has 2 aromatic carbocycles. The molecule has 2 aromatic rings. The molecule has 2 unspecified atom stereocenters. The molecule has 1 N–H and O–H groups in total. The van der Waals surface area contributed by atoms with E-state index in [1.807, 2.05) is 13.8 Å². The van der Waals surface area contributed by atoms with Crippen LogP contribution in [0.3, 0.4) is 0 Å². The van der Waals surface area contributed by atoms with E-state index in [0.717, 1.165) is 25.0 Å². The van der Waals surface area contributed by atoms with Crippen molar-refractivity contribution in [3.8, 4) is 5.75 Å². The van der Waals surface area contributed by atoms with Gasteiger partial charge in [-0.15, -0.1) is 0 Å². The van der Waals surface area contributed by atoms with Gasteiger partial charge >= 0.3 is 0 Å². The molecule has 0 bridgehead atoms. The summed E-state index contributed by atoms with van der Waals surface area (Å²) in [4.78, 5) is 0. The van der Waals surface area contributed by atoms with Crippen LogP contribution in [0.1, 0.15) is 55.7 Å². The number of benzene rings is 2. The van der Waals surface area contributed by atoms with Gasteiger partial charge in [0.25, 0.3) is 0 Å². The van der Waals surface area contributed by atoms with Gasteiger partial charge in [-0.1, -0.05) is 36.4 Å². The van der Waals surface area contributed by atoms with Crippen LogP contribution >= 0.6 is 0 Å². The van der Waals surface area contributed by atoms with E-state index in [1.165, 1.54) is 29.5 Å². The number of aliphatic hydroxyl groups is 1. The van der Waals surface area contributed by atoms with Gasteiger partial charge < -0.3 is 9.84 Å². The van der Waals surface area contributed by atoms with Crippen LogP contribution in [0.25, 0.3) is 0 Å². The number of aryl methyl sites for hydroxylation is 2. The van der Waals surface area contributed by atoms with Crippen molar-refractivity contribution in [2.45, 2.75) is 58.0 Å². The second-order valence-electron chi connectivity index (χ2n) is 7.61. The lowest BCUT2D eigenvalue weighted by Crippen LogP contribution is -2.05. The third kappa shape index (κ3) is 5.09. The van der Waals surface area contributed by atoms with Crippen LogP contribution in [0.15, 0.2) is 48.5 Å². The zero-order valence-electron chi connectivity index (χ0n) is 15.4. The highest BCUT2D eigenvalue weighted by atomic mass is 16.5. The first-order chi connectivity index (χ1) is 12.1. The number of rotatable bonds is 7. The van der Waals surface area contributed by atoms with Crippen LogP contribution in [0.2, 0.25) is 0 Å². The van der Waals surface area contributed by atoms with E-state index in [9.17, 15) is 5.11 Å². The lowest BCUT2D eigenvalue weighted by atomic mass is 9.94. The van der Waals surface area contributed by atoms with Crippen LogP contribution in [0.5, 0.6) is 5.75 Å². The van der Waals surface area contributed by atoms with Crippen LogP contribution in [-0.4, -0.2) is 17.8 Å². The second kappa shape index (κ2) is 8.53. The summed E-state index contributed by atoms with van der Waals surface area (Å²) >= 11 is 0. The summed E-state index contributed by atoms with van der Waals surface area (Å²) in [6, 6.07) is 17.6. The van der Waals surface area contributed by atoms with Gasteiger partial charge in [-0.2, -0.15) is 0 Å². The smallest absolute Gasteiger partial charge is 0.119 e.